The molecule has 2 aromatic rings. The molecule has 2 rings (SSSR count). The van der Waals surface area contributed by atoms with Gasteiger partial charge in [0.05, 0.1) is 6.04 Å². The summed E-state index contributed by atoms with van der Waals surface area (Å²) >= 11 is 9.62. The van der Waals surface area contributed by atoms with Gasteiger partial charge in [-0.3, -0.25) is 0 Å². The maximum Gasteiger partial charge on any atom is 0.0575 e. The zero-order valence-electron chi connectivity index (χ0n) is 11.1. The number of halogens is 2. The molecule has 0 aliphatic carbocycles. The van der Waals surface area contributed by atoms with Crippen LogP contribution in [0.15, 0.2) is 46.9 Å². The number of nitrogens with one attached hydrogen (secondary N) is 1. The van der Waals surface area contributed by atoms with Gasteiger partial charge in [-0.25, -0.2) is 0 Å². The zero-order valence-corrected chi connectivity index (χ0v) is 13.4. The third-order valence-electron chi connectivity index (χ3n) is 3.23. The van der Waals surface area contributed by atoms with Crippen LogP contribution in [0, 0.1) is 0 Å². The van der Waals surface area contributed by atoms with Gasteiger partial charge in [-0.1, -0.05) is 58.7 Å². The Labute approximate surface area is 128 Å². The Morgan fingerprint density at radius 3 is 2.32 bits per heavy atom. The molecule has 0 saturated heterocycles. The molecule has 3 heteroatoms. The van der Waals surface area contributed by atoms with Crippen LogP contribution in [0.4, 0.5) is 0 Å². The molecule has 1 atom stereocenters. The van der Waals surface area contributed by atoms with E-state index in [1.54, 1.807) is 0 Å². The topological polar surface area (TPSA) is 12.0 Å². The molecule has 0 heterocycles. The molecule has 0 saturated carbocycles. The Morgan fingerprint density at radius 2 is 1.79 bits per heavy atom. The Kier molecular flexibility index (Phi) is 5.03. The molecule has 1 nitrogen and oxygen atoms in total. The predicted octanol–water partition coefficient (Wildman–Crippen LogP) is 4.97. The molecule has 0 aromatic heterocycles. The molecule has 19 heavy (non-hydrogen) atoms. The maximum atomic E-state index is 6.13. The van der Waals surface area contributed by atoms with E-state index in [1.807, 2.05) is 19.2 Å². The first-order chi connectivity index (χ1) is 9.13. The monoisotopic (exact) mass is 337 g/mol. The molecule has 2 aromatic carbocycles. The summed E-state index contributed by atoms with van der Waals surface area (Å²) in [6, 6.07) is 14.9. The van der Waals surface area contributed by atoms with Crippen LogP contribution in [-0.2, 0) is 6.42 Å². The molecule has 0 aliphatic rings. The first kappa shape index (κ1) is 14.6. The highest BCUT2D eigenvalue weighted by molar-refractivity contribution is 9.10. The molecule has 1 unspecified atom stereocenters. The highest BCUT2D eigenvalue weighted by Crippen LogP contribution is 2.28. The van der Waals surface area contributed by atoms with Crippen LogP contribution in [0.2, 0.25) is 5.02 Å². The lowest BCUT2D eigenvalue weighted by atomic mass is 9.97. The number of hydrogen-bond acceptors (Lipinski definition) is 1. The molecule has 100 valence electrons. The lowest BCUT2D eigenvalue weighted by Crippen LogP contribution is -2.17. The largest absolute Gasteiger partial charge is 0.309 e. The quantitative estimate of drug-likeness (QED) is 0.829. The molecule has 0 aliphatic heterocycles. The van der Waals surface area contributed by atoms with Gasteiger partial charge in [0.1, 0.15) is 0 Å². The summed E-state index contributed by atoms with van der Waals surface area (Å²) in [4.78, 5) is 0. The van der Waals surface area contributed by atoms with Crippen molar-refractivity contribution < 1.29 is 0 Å². The molecule has 1 N–H and O–H groups in total. The molecular formula is C16H17BrClN. The second kappa shape index (κ2) is 6.56. The lowest BCUT2D eigenvalue weighted by molar-refractivity contribution is 0.691. The molecule has 0 spiro atoms. The van der Waals surface area contributed by atoms with Crippen molar-refractivity contribution in [3.63, 3.8) is 0 Å². The van der Waals surface area contributed by atoms with Gasteiger partial charge in [0.2, 0.25) is 0 Å². The second-order valence-electron chi connectivity index (χ2n) is 4.52. The highest BCUT2D eigenvalue weighted by atomic mass is 79.9. The van der Waals surface area contributed by atoms with Crippen molar-refractivity contribution in [3.8, 4) is 0 Å². The fourth-order valence-corrected chi connectivity index (χ4v) is 3.10. The summed E-state index contributed by atoms with van der Waals surface area (Å²) in [5.74, 6) is 0. The van der Waals surface area contributed by atoms with E-state index in [9.17, 15) is 0 Å². The third kappa shape index (κ3) is 3.59. The average molecular weight is 339 g/mol. The minimum Gasteiger partial charge on any atom is -0.309 e. The van der Waals surface area contributed by atoms with Crippen LogP contribution >= 0.6 is 27.5 Å². The predicted molar refractivity (Wildman–Crippen MR) is 85.9 cm³/mol. The zero-order chi connectivity index (χ0) is 13.8. The van der Waals surface area contributed by atoms with Gasteiger partial charge in [0.25, 0.3) is 0 Å². The average Bonchev–Trinajstić information content (AvgIpc) is 2.39. The van der Waals surface area contributed by atoms with Gasteiger partial charge in [-0.2, -0.15) is 0 Å². The summed E-state index contributed by atoms with van der Waals surface area (Å²) < 4.78 is 1.00. The first-order valence-electron chi connectivity index (χ1n) is 6.36. The maximum absolute atomic E-state index is 6.13. The van der Waals surface area contributed by atoms with Crippen LogP contribution in [0.1, 0.15) is 29.7 Å². The summed E-state index contributed by atoms with van der Waals surface area (Å²) in [6.07, 6.45) is 1.06. The van der Waals surface area contributed by atoms with E-state index in [-0.39, 0.29) is 6.04 Å². The number of benzene rings is 2. The van der Waals surface area contributed by atoms with Gasteiger partial charge in [-0.15, -0.1) is 0 Å². The van der Waals surface area contributed by atoms with E-state index in [0.29, 0.717) is 0 Å². The van der Waals surface area contributed by atoms with Crippen molar-refractivity contribution in [2.24, 2.45) is 0 Å². The van der Waals surface area contributed by atoms with Crippen LogP contribution in [-0.4, -0.2) is 7.05 Å². The number of rotatable bonds is 4. The van der Waals surface area contributed by atoms with Crippen LogP contribution in [0.5, 0.6) is 0 Å². The van der Waals surface area contributed by atoms with Crippen molar-refractivity contribution in [2.45, 2.75) is 19.4 Å². The summed E-state index contributed by atoms with van der Waals surface area (Å²) in [6.45, 7) is 2.17. The van der Waals surface area contributed by atoms with E-state index in [1.165, 1.54) is 11.1 Å². The van der Waals surface area contributed by atoms with E-state index >= 15 is 0 Å². The van der Waals surface area contributed by atoms with Crippen LogP contribution in [0.3, 0.4) is 0 Å². The first-order valence-corrected chi connectivity index (χ1v) is 7.53. The minimum atomic E-state index is 0.154. The van der Waals surface area contributed by atoms with Gasteiger partial charge in [-0.05, 0) is 48.4 Å². The van der Waals surface area contributed by atoms with E-state index in [0.717, 1.165) is 21.5 Å². The van der Waals surface area contributed by atoms with Crippen molar-refractivity contribution >= 4 is 27.5 Å². The van der Waals surface area contributed by atoms with E-state index < -0.39 is 0 Å². The smallest absolute Gasteiger partial charge is 0.0575 e. The van der Waals surface area contributed by atoms with Crippen molar-refractivity contribution in [1.82, 2.24) is 5.32 Å². The van der Waals surface area contributed by atoms with Crippen molar-refractivity contribution in [3.05, 3.63) is 68.7 Å². The Bertz CT molecular complexity index is 531. The van der Waals surface area contributed by atoms with E-state index in [2.05, 4.69) is 58.5 Å². The number of hydrogen-bond donors (Lipinski definition) is 1. The van der Waals surface area contributed by atoms with E-state index in [4.69, 9.17) is 11.6 Å². The Morgan fingerprint density at radius 1 is 1.11 bits per heavy atom. The SMILES string of the molecule is CCc1ccc(C(NC)c2cc(Cl)cc(Br)c2)cc1. The van der Waals surface area contributed by atoms with Gasteiger partial charge in [0.15, 0.2) is 0 Å². The summed E-state index contributed by atoms with van der Waals surface area (Å²) in [5.41, 5.74) is 3.76. The van der Waals surface area contributed by atoms with Gasteiger partial charge >= 0.3 is 0 Å². The summed E-state index contributed by atoms with van der Waals surface area (Å²) in [7, 11) is 1.97. The van der Waals surface area contributed by atoms with Gasteiger partial charge in [0, 0.05) is 9.50 Å². The minimum absolute atomic E-state index is 0.154. The summed E-state index contributed by atoms with van der Waals surface area (Å²) in [5, 5.41) is 4.09. The fraction of sp³-hybridized carbons (Fsp3) is 0.250. The number of aryl methyl sites for hydroxylation is 1. The Hall–Kier alpha value is -0.830. The fourth-order valence-electron chi connectivity index (χ4n) is 2.21. The molecule has 0 bridgehead atoms. The normalized spacial score (nSPS) is 12.4. The lowest BCUT2D eigenvalue weighted by Gasteiger charge is -2.18. The van der Waals surface area contributed by atoms with Crippen molar-refractivity contribution in [1.29, 1.82) is 0 Å². The Balaban J connectivity index is 2.37. The molecular weight excluding hydrogens is 322 g/mol. The van der Waals surface area contributed by atoms with Gasteiger partial charge < -0.3 is 5.32 Å². The van der Waals surface area contributed by atoms with Crippen LogP contribution < -0.4 is 5.32 Å². The third-order valence-corrected chi connectivity index (χ3v) is 3.90. The standard InChI is InChI=1S/C16H17BrClN/c1-3-11-4-6-12(7-5-11)16(19-2)13-8-14(17)10-15(18)9-13/h4-10,16,19H,3H2,1-2H3. The second-order valence-corrected chi connectivity index (χ2v) is 5.87. The molecule has 0 fully saturated rings. The molecule has 0 radical (unpaired) electrons. The van der Waals surface area contributed by atoms with Crippen LogP contribution in [0.25, 0.3) is 0 Å². The molecule has 0 amide bonds. The van der Waals surface area contributed by atoms with Crippen molar-refractivity contribution in [2.75, 3.05) is 7.05 Å². The highest BCUT2D eigenvalue weighted by Gasteiger charge is 2.13.